The second kappa shape index (κ2) is 14.5. The molecule has 212 valence electrons. The van der Waals surface area contributed by atoms with Crippen molar-refractivity contribution >= 4 is 44.0 Å². The Bertz CT molecular complexity index is 1380. The SMILES string of the molecule is CCCCCCCC(=O)Oc1ccc2ccc(OCCCCN3CCN(c4cccc5sccc45)CC3)cc2n1. The first-order valence-corrected chi connectivity index (χ1v) is 15.8. The number of piperazine rings is 1. The highest BCUT2D eigenvalue weighted by Crippen LogP contribution is 2.31. The largest absolute Gasteiger partial charge is 0.494 e. The third-order valence-corrected chi connectivity index (χ3v) is 8.55. The van der Waals surface area contributed by atoms with E-state index in [2.05, 4.69) is 51.4 Å². The molecular formula is C33H41N3O3S. The number of anilines is 1. The smallest absolute Gasteiger partial charge is 0.312 e. The van der Waals surface area contributed by atoms with Crippen molar-refractivity contribution in [1.82, 2.24) is 9.88 Å². The fourth-order valence-electron chi connectivity index (χ4n) is 5.36. The van der Waals surface area contributed by atoms with Gasteiger partial charge in [-0.2, -0.15) is 0 Å². The molecule has 3 heterocycles. The number of unbranched alkanes of at least 4 members (excludes halogenated alkanes) is 5. The quantitative estimate of drug-likeness (QED) is 0.117. The first-order valence-electron chi connectivity index (χ1n) is 14.9. The van der Waals surface area contributed by atoms with Crippen LogP contribution in [0.25, 0.3) is 21.0 Å². The lowest BCUT2D eigenvalue weighted by Gasteiger charge is -2.36. The van der Waals surface area contributed by atoms with Crippen molar-refractivity contribution in [3.8, 4) is 11.6 Å². The van der Waals surface area contributed by atoms with Gasteiger partial charge in [0.05, 0.1) is 12.1 Å². The van der Waals surface area contributed by atoms with Crippen LogP contribution in [0.5, 0.6) is 11.6 Å². The van der Waals surface area contributed by atoms with E-state index < -0.39 is 0 Å². The summed E-state index contributed by atoms with van der Waals surface area (Å²) in [6, 6.07) is 18.5. The van der Waals surface area contributed by atoms with Crippen LogP contribution < -0.4 is 14.4 Å². The van der Waals surface area contributed by atoms with E-state index in [-0.39, 0.29) is 5.97 Å². The predicted octanol–water partition coefficient (Wildman–Crippen LogP) is 7.70. The van der Waals surface area contributed by atoms with Gasteiger partial charge in [-0.15, -0.1) is 11.3 Å². The number of benzene rings is 2. The first kappa shape index (κ1) is 28.4. The van der Waals surface area contributed by atoms with Crippen LogP contribution in [0.4, 0.5) is 5.69 Å². The topological polar surface area (TPSA) is 54.9 Å². The fraction of sp³-hybridized carbons (Fsp3) is 0.455. The highest BCUT2D eigenvalue weighted by molar-refractivity contribution is 7.17. The van der Waals surface area contributed by atoms with Crippen LogP contribution in [0.1, 0.15) is 58.3 Å². The molecule has 0 N–H and O–H groups in total. The number of esters is 1. The van der Waals surface area contributed by atoms with Crippen molar-refractivity contribution in [3.63, 3.8) is 0 Å². The number of pyridine rings is 1. The van der Waals surface area contributed by atoms with Crippen LogP contribution in [0.3, 0.4) is 0 Å². The van der Waals surface area contributed by atoms with E-state index in [4.69, 9.17) is 9.47 Å². The van der Waals surface area contributed by atoms with E-state index in [1.165, 1.54) is 35.0 Å². The minimum Gasteiger partial charge on any atom is -0.494 e. The Hall–Kier alpha value is -3.16. The molecule has 7 heteroatoms. The van der Waals surface area contributed by atoms with Gasteiger partial charge in [0, 0.05) is 65.9 Å². The van der Waals surface area contributed by atoms with Crippen LogP contribution >= 0.6 is 11.3 Å². The van der Waals surface area contributed by atoms with Crippen LogP contribution in [0.2, 0.25) is 0 Å². The summed E-state index contributed by atoms with van der Waals surface area (Å²) in [6.07, 6.45) is 8.09. The van der Waals surface area contributed by atoms with Gasteiger partial charge in [-0.3, -0.25) is 9.69 Å². The zero-order valence-corrected chi connectivity index (χ0v) is 24.5. The average Bonchev–Trinajstić information content (AvgIpc) is 3.46. The average molecular weight is 560 g/mol. The molecule has 2 aromatic heterocycles. The summed E-state index contributed by atoms with van der Waals surface area (Å²) in [5.74, 6) is 0.947. The number of carbonyl (C=O) groups excluding carboxylic acids is 1. The molecule has 1 fully saturated rings. The van der Waals surface area contributed by atoms with Gasteiger partial charge >= 0.3 is 5.97 Å². The van der Waals surface area contributed by atoms with E-state index in [1.54, 1.807) is 6.07 Å². The van der Waals surface area contributed by atoms with E-state index >= 15 is 0 Å². The summed E-state index contributed by atoms with van der Waals surface area (Å²) < 4.78 is 12.9. The summed E-state index contributed by atoms with van der Waals surface area (Å²) >= 11 is 1.82. The van der Waals surface area contributed by atoms with Crippen molar-refractivity contribution in [1.29, 1.82) is 0 Å². The number of carbonyl (C=O) groups is 1. The van der Waals surface area contributed by atoms with Gasteiger partial charge in [-0.05, 0) is 67.6 Å². The van der Waals surface area contributed by atoms with Gasteiger partial charge in [0.2, 0.25) is 5.88 Å². The zero-order valence-electron chi connectivity index (χ0n) is 23.6. The molecule has 4 aromatic rings. The Kier molecular flexibility index (Phi) is 10.3. The highest BCUT2D eigenvalue weighted by atomic mass is 32.1. The van der Waals surface area contributed by atoms with Crippen LogP contribution in [-0.4, -0.2) is 55.2 Å². The molecule has 6 nitrogen and oxygen atoms in total. The molecule has 0 atom stereocenters. The van der Waals surface area contributed by atoms with Gasteiger partial charge in [-0.25, -0.2) is 4.98 Å². The summed E-state index contributed by atoms with van der Waals surface area (Å²) in [7, 11) is 0. The molecule has 0 bridgehead atoms. The Balaban J connectivity index is 1.01. The Morgan fingerprint density at radius 2 is 1.77 bits per heavy atom. The number of hydrogen-bond acceptors (Lipinski definition) is 7. The Labute approximate surface area is 241 Å². The summed E-state index contributed by atoms with van der Waals surface area (Å²) in [6.45, 7) is 8.32. The lowest BCUT2D eigenvalue weighted by Crippen LogP contribution is -2.46. The van der Waals surface area contributed by atoms with Crippen molar-refractivity contribution in [2.45, 2.75) is 58.3 Å². The molecular weight excluding hydrogens is 518 g/mol. The molecule has 1 aliphatic heterocycles. The molecule has 1 aliphatic rings. The number of rotatable bonds is 14. The van der Waals surface area contributed by atoms with E-state index in [1.807, 2.05) is 35.6 Å². The third-order valence-electron chi connectivity index (χ3n) is 7.66. The molecule has 0 aliphatic carbocycles. The van der Waals surface area contributed by atoms with Gasteiger partial charge in [-0.1, -0.05) is 38.7 Å². The second-order valence-corrected chi connectivity index (χ2v) is 11.6. The maximum atomic E-state index is 12.2. The maximum Gasteiger partial charge on any atom is 0.312 e. The Morgan fingerprint density at radius 1 is 0.925 bits per heavy atom. The lowest BCUT2D eigenvalue weighted by molar-refractivity contribution is -0.134. The molecule has 2 aromatic carbocycles. The van der Waals surface area contributed by atoms with E-state index in [0.29, 0.717) is 18.9 Å². The molecule has 5 rings (SSSR count). The van der Waals surface area contributed by atoms with Gasteiger partial charge in [0.15, 0.2) is 0 Å². The second-order valence-electron chi connectivity index (χ2n) is 10.6. The molecule has 0 unspecified atom stereocenters. The van der Waals surface area contributed by atoms with Crippen LogP contribution in [-0.2, 0) is 4.79 Å². The van der Waals surface area contributed by atoms with E-state index in [0.717, 1.165) is 75.1 Å². The van der Waals surface area contributed by atoms with Crippen LogP contribution in [0.15, 0.2) is 60.0 Å². The zero-order chi connectivity index (χ0) is 27.6. The number of hydrogen-bond donors (Lipinski definition) is 0. The van der Waals surface area contributed by atoms with Crippen molar-refractivity contribution in [2.24, 2.45) is 0 Å². The lowest BCUT2D eigenvalue weighted by atomic mass is 10.1. The molecule has 0 radical (unpaired) electrons. The van der Waals surface area contributed by atoms with Gasteiger partial charge in [0.25, 0.3) is 0 Å². The van der Waals surface area contributed by atoms with Gasteiger partial charge in [0.1, 0.15) is 5.75 Å². The molecule has 0 amide bonds. The van der Waals surface area contributed by atoms with Crippen molar-refractivity contribution in [3.05, 3.63) is 60.0 Å². The predicted molar refractivity (Wildman–Crippen MR) is 166 cm³/mol. The third kappa shape index (κ3) is 7.73. The molecule has 1 saturated heterocycles. The summed E-state index contributed by atoms with van der Waals surface area (Å²) in [4.78, 5) is 21.8. The molecule has 0 spiro atoms. The number of nitrogens with zero attached hydrogens (tertiary/aromatic N) is 3. The molecule has 40 heavy (non-hydrogen) atoms. The minimum atomic E-state index is -0.211. The number of thiophene rings is 1. The summed E-state index contributed by atoms with van der Waals surface area (Å²) in [5.41, 5.74) is 2.15. The van der Waals surface area contributed by atoms with E-state index in [9.17, 15) is 4.79 Å². The van der Waals surface area contributed by atoms with Crippen molar-refractivity contribution < 1.29 is 14.3 Å². The van der Waals surface area contributed by atoms with Crippen LogP contribution in [0, 0.1) is 0 Å². The monoisotopic (exact) mass is 559 g/mol. The van der Waals surface area contributed by atoms with Gasteiger partial charge < -0.3 is 14.4 Å². The summed E-state index contributed by atoms with van der Waals surface area (Å²) in [5, 5.41) is 4.57. The van der Waals surface area contributed by atoms with Crippen molar-refractivity contribution in [2.75, 3.05) is 44.2 Å². The standard InChI is InChI=1S/C33H41N3O3S/c1-2-3-4-5-6-12-33(37)39-32-16-14-26-13-15-27(25-29(26)34-32)38-23-8-7-18-35-19-21-36(22-20-35)30-10-9-11-31-28(30)17-24-40-31/h9-11,13-17,24-25H,2-8,12,18-23H2,1H3. The minimum absolute atomic E-state index is 0.211. The molecule has 0 saturated carbocycles. The normalized spacial score (nSPS) is 14.2. The number of fused-ring (bicyclic) bond motifs is 2. The maximum absolute atomic E-state index is 12.2. The fourth-order valence-corrected chi connectivity index (χ4v) is 6.17. The first-order chi connectivity index (χ1) is 19.7. The number of ether oxygens (including phenoxy) is 2. The Morgan fingerprint density at radius 3 is 2.65 bits per heavy atom. The number of aromatic nitrogens is 1. The highest BCUT2D eigenvalue weighted by Gasteiger charge is 2.18.